The maximum absolute atomic E-state index is 11.5. The predicted octanol–water partition coefficient (Wildman–Crippen LogP) is -0.525. The predicted molar refractivity (Wildman–Crippen MR) is 56.5 cm³/mol. The second-order valence-corrected chi connectivity index (χ2v) is 3.18. The molecule has 7 nitrogen and oxygen atoms in total. The summed E-state index contributed by atoms with van der Waals surface area (Å²) in [7, 11) is 0. The van der Waals surface area contributed by atoms with Crippen molar-refractivity contribution in [1.29, 1.82) is 0 Å². The maximum Gasteiger partial charge on any atom is 0.230 e. The van der Waals surface area contributed by atoms with Crippen molar-refractivity contribution in [3.05, 3.63) is 24.0 Å². The number of oxime groups is 1. The van der Waals surface area contributed by atoms with Gasteiger partial charge in [0.05, 0.1) is 18.2 Å². The number of nitrogens with two attached hydrogens (primary N) is 1. The second-order valence-electron chi connectivity index (χ2n) is 3.18. The van der Waals surface area contributed by atoms with Crippen LogP contribution < -0.4 is 11.1 Å². The van der Waals surface area contributed by atoms with E-state index in [9.17, 15) is 4.79 Å². The van der Waals surface area contributed by atoms with Gasteiger partial charge in [0.1, 0.15) is 0 Å². The van der Waals surface area contributed by atoms with E-state index >= 15 is 0 Å². The third-order valence-corrected chi connectivity index (χ3v) is 2.02. The zero-order valence-corrected chi connectivity index (χ0v) is 8.79. The largest absolute Gasteiger partial charge is 0.409 e. The Labute approximate surface area is 92.4 Å². The fraction of sp³-hybridized carbons (Fsp3) is 0.333. The molecule has 0 spiro atoms. The summed E-state index contributed by atoms with van der Waals surface area (Å²) < 4.78 is 0. The fourth-order valence-corrected chi connectivity index (χ4v) is 0.979. The Kier molecular flexibility index (Phi) is 4.19. The van der Waals surface area contributed by atoms with Gasteiger partial charge in [0.2, 0.25) is 5.91 Å². The van der Waals surface area contributed by atoms with Gasteiger partial charge in [-0.1, -0.05) is 5.16 Å². The van der Waals surface area contributed by atoms with Gasteiger partial charge in [-0.25, -0.2) is 0 Å². The first-order valence-corrected chi connectivity index (χ1v) is 4.67. The lowest BCUT2D eigenvalue weighted by atomic mass is 10.1. The summed E-state index contributed by atoms with van der Waals surface area (Å²) in [4.78, 5) is 11.5. The number of rotatable bonds is 4. The highest BCUT2D eigenvalue weighted by molar-refractivity contribution is 6.01. The Morgan fingerprint density at radius 2 is 2.50 bits per heavy atom. The van der Waals surface area contributed by atoms with E-state index < -0.39 is 5.92 Å². The van der Waals surface area contributed by atoms with Crippen LogP contribution in [-0.4, -0.2) is 27.1 Å². The van der Waals surface area contributed by atoms with Crippen LogP contribution in [0.4, 0.5) is 0 Å². The molecule has 1 unspecified atom stereocenters. The van der Waals surface area contributed by atoms with Crippen molar-refractivity contribution in [2.45, 2.75) is 13.5 Å². The number of carbonyl (C=O) groups is 1. The van der Waals surface area contributed by atoms with Crippen LogP contribution in [0.1, 0.15) is 12.6 Å². The molecule has 1 rings (SSSR count). The Morgan fingerprint density at radius 3 is 3.06 bits per heavy atom. The van der Waals surface area contributed by atoms with Crippen molar-refractivity contribution in [2.75, 3.05) is 0 Å². The summed E-state index contributed by atoms with van der Waals surface area (Å²) in [5.41, 5.74) is 5.94. The molecule has 0 bridgehead atoms. The molecule has 0 aliphatic rings. The second kappa shape index (κ2) is 5.64. The van der Waals surface area contributed by atoms with E-state index in [1.807, 2.05) is 0 Å². The molecule has 0 aliphatic carbocycles. The van der Waals surface area contributed by atoms with Crippen LogP contribution in [-0.2, 0) is 11.3 Å². The van der Waals surface area contributed by atoms with Gasteiger partial charge in [0.15, 0.2) is 5.84 Å². The number of hydrogen-bond acceptors (Lipinski definition) is 5. The summed E-state index contributed by atoms with van der Waals surface area (Å²) in [6.07, 6.45) is 1.55. The Balaban J connectivity index is 2.48. The number of nitrogens with one attached hydrogen (secondary N) is 1. The molecule has 0 saturated carbocycles. The molecule has 1 aromatic rings. The summed E-state index contributed by atoms with van der Waals surface area (Å²) in [5.74, 6) is -1.14. The van der Waals surface area contributed by atoms with Gasteiger partial charge >= 0.3 is 0 Å². The van der Waals surface area contributed by atoms with Crippen molar-refractivity contribution < 1.29 is 10.0 Å². The van der Waals surface area contributed by atoms with Crippen LogP contribution in [0.25, 0.3) is 0 Å². The molecule has 1 aromatic heterocycles. The summed E-state index contributed by atoms with van der Waals surface area (Å²) in [6, 6.07) is 3.46. The van der Waals surface area contributed by atoms with Gasteiger partial charge in [-0.05, 0) is 19.1 Å². The average Bonchev–Trinajstić information content (AvgIpc) is 2.35. The van der Waals surface area contributed by atoms with E-state index in [2.05, 4.69) is 20.7 Å². The van der Waals surface area contributed by atoms with E-state index in [4.69, 9.17) is 10.9 Å². The molecule has 0 aliphatic heterocycles. The van der Waals surface area contributed by atoms with Crippen LogP contribution in [0.2, 0.25) is 0 Å². The molecule has 1 heterocycles. The first-order valence-electron chi connectivity index (χ1n) is 4.67. The number of aromatic nitrogens is 2. The lowest BCUT2D eigenvalue weighted by molar-refractivity contribution is -0.122. The highest BCUT2D eigenvalue weighted by atomic mass is 16.4. The number of carbonyl (C=O) groups excluding carboxylic acids is 1. The van der Waals surface area contributed by atoms with E-state index in [1.165, 1.54) is 0 Å². The van der Waals surface area contributed by atoms with Gasteiger partial charge in [-0.15, -0.1) is 0 Å². The molecule has 86 valence electrons. The minimum Gasteiger partial charge on any atom is -0.409 e. The first kappa shape index (κ1) is 11.9. The van der Waals surface area contributed by atoms with E-state index in [-0.39, 0.29) is 18.3 Å². The Hall–Kier alpha value is -2.18. The number of amides is 1. The topological polar surface area (TPSA) is 113 Å². The first-order chi connectivity index (χ1) is 7.65. The minimum absolute atomic E-state index is 0.128. The normalized spacial score (nSPS) is 13.2. The summed E-state index contributed by atoms with van der Waals surface area (Å²) in [6.45, 7) is 1.80. The SMILES string of the molecule is CC(C(=O)NCc1cccnn1)/C(N)=N/O. The average molecular weight is 223 g/mol. The molecule has 0 saturated heterocycles. The van der Waals surface area contributed by atoms with Gasteiger partial charge in [-0.2, -0.15) is 10.2 Å². The molecule has 16 heavy (non-hydrogen) atoms. The molecule has 0 radical (unpaired) electrons. The molecule has 0 aromatic carbocycles. The third-order valence-electron chi connectivity index (χ3n) is 2.02. The quantitative estimate of drug-likeness (QED) is 0.275. The lowest BCUT2D eigenvalue weighted by Crippen LogP contribution is -2.37. The van der Waals surface area contributed by atoms with Crippen LogP contribution >= 0.6 is 0 Å². The minimum atomic E-state index is -0.679. The van der Waals surface area contributed by atoms with E-state index in [0.29, 0.717) is 5.69 Å². The number of hydrogen-bond donors (Lipinski definition) is 3. The standard InChI is InChI=1S/C9H13N5O2/c1-6(8(10)14-16)9(15)11-5-7-3-2-4-12-13-7/h2-4,6,16H,5H2,1H3,(H2,10,14)(H,11,15). The van der Waals surface area contributed by atoms with Crippen molar-refractivity contribution in [2.24, 2.45) is 16.8 Å². The highest BCUT2D eigenvalue weighted by Gasteiger charge is 2.16. The van der Waals surface area contributed by atoms with Crippen molar-refractivity contribution >= 4 is 11.7 Å². The van der Waals surface area contributed by atoms with E-state index in [0.717, 1.165) is 0 Å². The van der Waals surface area contributed by atoms with Crippen LogP contribution in [0.15, 0.2) is 23.5 Å². The molecular formula is C9H13N5O2. The third kappa shape index (κ3) is 3.19. The highest BCUT2D eigenvalue weighted by Crippen LogP contribution is 1.96. The fourth-order valence-electron chi connectivity index (χ4n) is 0.979. The molecule has 1 amide bonds. The lowest BCUT2D eigenvalue weighted by Gasteiger charge is -2.09. The van der Waals surface area contributed by atoms with Crippen LogP contribution in [0.5, 0.6) is 0 Å². The molecule has 4 N–H and O–H groups in total. The summed E-state index contributed by atoms with van der Waals surface area (Å²) in [5, 5.41) is 21.2. The smallest absolute Gasteiger partial charge is 0.230 e. The number of nitrogens with zero attached hydrogens (tertiary/aromatic N) is 3. The van der Waals surface area contributed by atoms with Gasteiger partial charge in [0, 0.05) is 6.20 Å². The van der Waals surface area contributed by atoms with Crippen LogP contribution in [0, 0.1) is 5.92 Å². The summed E-state index contributed by atoms with van der Waals surface area (Å²) >= 11 is 0. The molecular weight excluding hydrogens is 210 g/mol. The van der Waals surface area contributed by atoms with E-state index in [1.54, 1.807) is 25.3 Å². The van der Waals surface area contributed by atoms with Crippen molar-refractivity contribution in [3.63, 3.8) is 0 Å². The monoisotopic (exact) mass is 223 g/mol. The van der Waals surface area contributed by atoms with Gasteiger partial charge < -0.3 is 16.3 Å². The van der Waals surface area contributed by atoms with Gasteiger partial charge in [-0.3, -0.25) is 4.79 Å². The number of amidine groups is 1. The van der Waals surface area contributed by atoms with Crippen molar-refractivity contribution in [1.82, 2.24) is 15.5 Å². The maximum atomic E-state index is 11.5. The zero-order chi connectivity index (χ0) is 12.0. The molecule has 0 fully saturated rings. The Bertz CT molecular complexity index is 379. The van der Waals surface area contributed by atoms with Crippen molar-refractivity contribution in [3.8, 4) is 0 Å². The molecule has 7 heteroatoms. The zero-order valence-electron chi connectivity index (χ0n) is 8.79. The van der Waals surface area contributed by atoms with Crippen LogP contribution in [0.3, 0.4) is 0 Å². The Morgan fingerprint density at radius 1 is 1.75 bits per heavy atom. The van der Waals surface area contributed by atoms with Gasteiger partial charge in [0.25, 0.3) is 0 Å². The molecule has 1 atom stereocenters.